The lowest BCUT2D eigenvalue weighted by atomic mass is 10.0. The topological polar surface area (TPSA) is 60.0 Å². The highest BCUT2D eigenvalue weighted by Gasteiger charge is 2.23. The van der Waals surface area contributed by atoms with Gasteiger partial charge in [-0.15, -0.1) is 0 Å². The Hall–Kier alpha value is -2.27. The van der Waals surface area contributed by atoms with E-state index >= 15 is 0 Å². The van der Waals surface area contributed by atoms with Crippen molar-refractivity contribution in [1.82, 2.24) is 14.3 Å². The van der Waals surface area contributed by atoms with Crippen molar-refractivity contribution in [2.24, 2.45) is 14.1 Å². The quantitative estimate of drug-likeness (QED) is 0.790. The number of carbonyl (C=O) groups is 1. The Bertz CT molecular complexity index is 877. The number of aryl methyl sites for hydroxylation is 2. The minimum atomic E-state index is -0.989. The molecule has 0 aliphatic rings. The van der Waals surface area contributed by atoms with E-state index in [1.165, 1.54) is 6.20 Å². The molecule has 21 heavy (non-hydrogen) atoms. The van der Waals surface area contributed by atoms with E-state index in [2.05, 4.69) is 5.10 Å². The summed E-state index contributed by atoms with van der Waals surface area (Å²) in [5.41, 5.74) is 3.61. The van der Waals surface area contributed by atoms with Gasteiger partial charge in [0.2, 0.25) is 0 Å². The Morgan fingerprint density at radius 1 is 1.33 bits per heavy atom. The molecule has 0 fully saturated rings. The highest BCUT2D eigenvalue weighted by molar-refractivity contribution is 6.31. The van der Waals surface area contributed by atoms with Crippen LogP contribution >= 0.6 is 11.6 Å². The molecule has 6 heteroatoms. The average Bonchev–Trinajstić information content (AvgIpc) is 2.90. The molecule has 3 rings (SSSR count). The van der Waals surface area contributed by atoms with E-state index < -0.39 is 5.97 Å². The van der Waals surface area contributed by atoms with Gasteiger partial charge >= 0.3 is 5.97 Å². The molecule has 108 valence electrons. The minimum absolute atomic E-state index is 0.188. The standard InChI is InChI=1S/C15H14ClN3O2/c1-8-13(14-11(15(20)21)7-17-19(14)3)10-6-9(16)4-5-12(10)18(8)2/h4-7H,1-3H3,(H,20,21). The fraction of sp³-hybridized carbons (Fsp3) is 0.200. The molecule has 0 bridgehead atoms. The van der Waals surface area contributed by atoms with E-state index in [0.29, 0.717) is 10.7 Å². The Kier molecular flexibility index (Phi) is 3.02. The van der Waals surface area contributed by atoms with Gasteiger partial charge in [-0.1, -0.05) is 11.6 Å². The molecular weight excluding hydrogens is 290 g/mol. The fourth-order valence-corrected chi connectivity index (χ4v) is 2.91. The van der Waals surface area contributed by atoms with E-state index in [1.807, 2.05) is 36.7 Å². The van der Waals surface area contributed by atoms with Crippen LogP contribution in [0.15, 0.2) is 24.4 Å². The van der Waals surface area contributed by atoms with Crippen molar-refractivity contribution < 1.29 is 9.90 Å². The number of aromatic nitrogens is 3. The zero-order valence-corrected chi connectivity index (χ0v) is 12.6. The first-order valence-electron chi connectivity index (χ1n) is 6.42. The van der Waals surface area contributed by atoms with Crippen molar-refractivity contribution in [3.05, 3.63) is 40.7 Å². The summed E-state index contributed by atoms with van der Waals surface area (Å²) >= 11 is 6.11. The molecule has 0 unspecified atom stereocenters. The number of aromatic carboxylic acids is 1. The SMILES string of the molecule is Cc1c(-c2c(C(=O)O)cnn2C)c2cc(Cl)ccc2n1C. The number of halogens is 1. The Morgan fingerprint density at radius 3 is 2.71 bits per heavy atom. The van der Waals surface area contributed by atoms with Gasteiger partial charge in [-0.2, -0.15) is 5.10 Å². The molecule has 0 saturated carbocycles. The van der Waals surface area contributed by atoms with E-state index in [-0.39, 0.29) is 5.56 Å². The summed E-state index contributed by atoms with van der Waals surface area (Å²) < 4.78 is 3.62. The first-order chi connectivity index (χ1) is 9.91. The van der Waals surface area contributed by atoms with Crippen molar-refractivity contribution >= 4 is 28.5 Å². The predicted octanol–water partition coefficient (Wildman–Crippen LogP) is 3.24. The molecule has 1 aromatic carbocycles. The lowest BCUT2D eigenvalue weighted by Gasteiger charge is -2.05. The van der Waals surface area contributed by atoms with Crippen molar-refractivity contribution in [2.75, 3.05) is 0 Å². The minimum Gasteiger partial charge on any atom is -0.478 e. The van der Waals surface area contributed by atoms with Crippen LogP contribution in [0.3, 0.4) is 0 Å². The largest absolute Gasteiger partial charge is 0.478 e. The van der Waals surface area contributed by atoms with Crippen LogP contribution in [-0.2, 0) is 14.1 Å². The van der Waals surface area contributed by atoms with Crippen molar-refractivity contribution in [2.45, 2.75) is 6.92 Å². The number of carboxylic acid groups (broad SMARTS) is 1. The van der Waals surface area contributed by atoms with Gasteiger partial charge in [0.25, 0.3) is 0 Å². The van der Waals surface area contributed by atoms with E-state index in [1.54, 1.807) is 11.7 Å². The summed E-state index contributed by atoms with van der Waals surface area (Å²) in [6, 6.07) is 5.62. The Labute approximate surface area is 126 Å². The third-order valence-electron chi connectivity index (χ3n) is 3.86. The molecule has 0 spiro atoms. The van der Waals surface area contributed by atoms with Gasteiger partial charge in [0.1, 0.15) is 5.56 Å². The Morgan fingerprint density at radius 2 is 2.05 bits per heavy atom. The second-order valence-electron chi connectivity index (χ2n) is 5.02. The van der Waals surface area contributed by atoms with Gasteiger partial charge in [-0.25, -0.2) is 4.79 Å². The summed E-state index contributed by atoms with van der Waals surface area (Å²) in [4.78, 5) is 11.4. The monoisotopic (exact) mass is 303 g/mol. The number of hydrogen-bond acceptors (Lipinski definition) is 2. The van der Waals surface area contributed by atoms with Gasteiger partial charge in [-0.05, 0) is 25.1 Å². The lowest BCUT2D eigenvalue weighted by Crippen LogP contribution is -2.02. The average molecular weight is 304 g/mol. The Balaban J connectivity index is 2.46. The highest BCUT2D eigenvalue weighted by atomic mass is 35.5. The summed E-state index contributed by atoms with van der Waals surface area (Å²) in [5, 5.41) is 15.0. The number of rotatable bonds is 2. The predicted molar refractivity (Wildman–Crippen MR) is 81.8 cm³/mol. The van der Waals surface area contributed by atoms with Crippen LogP contribution in [-0.4, -0.2) is 25.4 Å². The molecule has 1 N–H and O–H groups in total. The zero-order chi connectivity index (χ0) is 15.3. The molecule has 2 aromatic heterocycles. The fourth-order valence-electron chi connectivity index (χ4n) is 2.73. The van der Waals surface area contributed by atoms with Crippen molar-refractivity contribution in [1.29, 1.82) is 0 Å². The van der Waals surface area contributed by atoms with Crippen LogP contribution in [0.2, 0.25) is 5.02 Å². The maximum atomic E-state index is 11.4. The molecule has 0 saturated heterocycles. The normalized spacial score (nSPS) is 11.2. The van der Waals surface area contributed by atoms with Gasteiger partial charge in [-0.3, -0.25) is 4.68 Å². The van der Waals surface area contributed by atoms with Crippen molar-refractivity contribution in [3.63, 3.8) is 0 Å². The van der Waals surface area contributed by atoms with E-state index in [9.17, 15) is 9.90 Å². The van der Waals surface area contributed by atoms with Gasteiger partial charge in [0, 0.05) is 41.3 Å². The molecule has 0 aliphatic carbocycles. The smallest absolute Gasteiger partial charge is 0.339 e. The highest BCUT2D eigenvalue weighted by Crippen LogP contribution is 2.36. The maximum absolute atomic E-state index is 11.4. The van der Waals surface area contributed by atoms with E-state index in [4.69, 9.17) is 11.6 Å². The first kappa shape index (κ1) is 13.7. The summed E-state index contributed by atoms with van der Waals surface area (Å²) in [7, 11) is 3.69. The summed E-state index contributed by atoms with van der Waals surface area (Å²) in [6.45, 7) is 1.96. The van der Waals surface area contributed by atoms with Crippen molar-refractivity contribution in [3.8, 4) is 11.3 Å². The molecule has 0 atom stereocenters. The third-order valence-corrected chi connectivity index (χ3v) is 4.10. The molecule has 0 amide bonds. The van der Waals surface area contributed by atoms with Crippen LogP contribution < -0.4 is 0 Å². The number of benzene rings is 1. The first-order valence-corrected chi connectivity index (χ1v) is 6.79. The number of hydrogen-bond donors (Lipinski definition) is 1. The second kappa shape index (κ2) is 4.63. The molecule has 3 aromatic rings. The number of carboxylic acids is 1. The van der Waals surface area contributed by atoms with Gasteiger partial charge < -0.3 is 9.67 Å². The summed E-state index contributed by atoms with van der Waals surface area (Å²) in [6.07, 6.45) is 1.38. The van der Waals surface area contributed by atoms with Crippen LogP contribution in [0.5, 0.6) is 0 Å². The van der Waals surface area contributed by atoms with Crippen LogP contribution in [0.4, 0.5) is 0 Å². The number of fused-ring (bicyclic) bond motifs is 1. The molecule has 0 aliphatic heterocycles. The lowest BCUT2D eigenvalue weighted by molar-refractivity contribution is 0.0697. The van der Waals surface area contributed by atoms with Crippen LogP contribution in [0.1, 0.15) is 16.1 Å². The third kappa shape index (κ3) is 1.93. The number of nitrogens with zero attached hydrogens (tertiary/aromatic N) is 3. The van der Waals surface area contributed by atoms with Crippen LogP contribution in [0, 0.1) is 6.92 Å². The second-order valence-corrected chi connectivity index (χ2v) is 5.45. The zero-order valence-electron chi connectivity index (χ0n) is 11.9. The molecule has 5 nitrogen and oxygen atoms in total. The van der Waals surface area contributed by atoms with Gasteiger partial charge in [0.05, 0.1) is 11.9 Å². The summed E-state index contributed by atoms with van der Waals surface area (Å²) in [5.74, 6) is -0.989. The molecular formula is C15H14ClN3O2. The maximum Gasteiger partial charge on any atom is 0.339 e. The molecule has 2 heterocycles. The van der Waals surface area contributed by atoms with E-state index in [0.717, 1.165) is 22.2 Å². The van der Waals surface area contributed by atoms with Gasteiger partial charge in [0.15, 0.2) is 0 Å². The van der Waals surface area contributed by atoms with Crippen LogP contribution in [0.25, 0.3) is 22.2 Å². The molecule has 0 radical (unpaired) electrons.